The molecular formula is C28H32F3N5O2. The minimum atomic E-state index is -4.68. The Bertz CT molecular complexity index is 1220. The summed E-state index contributed by atoms with van der Waals surface area (Å²) in [6.07, 6.45) is 3.35. The van der Waals surface area contributed by atoms with Crippen LogP contribution in [0.25, 0.3) is 11.5 Å². The van der Waals surface area contributed by atoms with Crippen LogP contribution in [0.2, 0.25) is 0 Å². The van der Waals surface area contributed by atoms with Crippen LogP contribution in [-0.4, -0.2) is 46.7 Å². The van der Waals surface area contributed by atoms with Crippen molar-refractivity contribution in [1.82, 2.24) is 15.1 Å². The van der Waals surface area contributed by atoms with Gasteiger partial charge in [-0.05, 0) is 87.9 Å². The molecule has 0 atom stereocenters. The predicted octanol–water partition coefficient (Wildman–Crippen LogP) is 6.46. The average Bonchev–Trinajstić information content (AvgIpc) is 3.38. The number of hydrogen-bond acceptors (Lipinski definition) is 6. The van der Waals surface area contributed by atoms with E-state index in [0.29, 0.717) is 11.5 Å². The summed E-state index contributed by atoms with van der Waals surface area (Å²) < 4.78 is 47.4. The second kappa shape index (κ2) is 11.6. The fourth-order valence-corrected chi connectivity index (χ4v) is 5.40. The van der Waals surface area contributed by atoms with Gasteiger partial charge in [0.2, 0.25) is 5.89 Å². The molecule has 202 valence electrons. The van der Waals surface area contributed by atoms with Crippen LogP contribution >= 0.6 is 0 Å². The Morgan fingerprint density at radius 3 is 2.42 bits per heavy atom. The van der Waals surface area contributed by atoms with Crippen LogP contribution in [0.3, 0.4) is 0 Å². The van der Waals surface area contributed by atoms with Gasteiger partial charge in [-0.3, -0.25) is 4.79 Å². The van der Waals surface area contributed by atoms with Crippen LogP contribution in [0, 0.1) is 5.92 Å². The number of alkyl halides is 3. The third-order valence-electron chi connectivity index (χ3n) is 7.41. The van der Waals surface area contributed by atoms with Crippen molar-refractivity contribution in [3.63, 3.8) is 0 Å². The van der Waals surface area contributed by atoms with Gasteiger partial charge in [-0.2, -0.15) is 13.2 Å². The summed E-state index contributed by atoms with van der Waals surface area (Å²) in [6.45, 7) is 3.55. The molecule has 2 aromatic carbocycles. The molecule has 38 heavy (non-hydrogen) atoms. The van der Waals surface area contributed by atoms with E-state index in [4.69, 9.17) is 4.42 Å². The average molecular weight is 528 g/mol. The Morgan fingerprint density at radius 1 is 0.974 bits per heavy atom. The summed E-state index contributed by atoms with van der Waals surface area (Å²) in [5.41, 5.74) is -0.829. The lowest BCUT2D eigenvalue weighted by molar-refractivity contribution is -0.137. The van der Waals surface area contributed by atoms with E-state index in [1.807, 2.05) is 0 Å². The van der Waals surface area contributed by atoms with Gasteiger partial charge in [0.15, 0.2) is 0 Å². The third kappa shape index (κ3) is 6.53. The summed E-state index contributed by atoms with van der Waals surface area (Å²) >= 11 is 0. The number of halogens is 3. The number of carbonyl (C=O) groups excluding carboxylic acids is 1. The first-order chi connectivity index (χ1) is 18.3. The van der Waals surface area contributed by atoms with Gasteiger partial charge in [-0.1, -0.05) is 29.7 Å². The van der Waals surface area contributed by atoms with Gasteiger partial charge in [0, 0.05) is 23.8 Å². The van der Waals surface area contributed by atoms with Crippen LogP contribution in [0.1, 0.15) is 60.9 Å². The first-order valence-electron chi connectivity index (χ1n) is 13.3. The molecule has 0 radical (unpaired) electrons. The summed E-state index contributed by atoms with van der Waals surface area (Å²) in [6, 6.07) is 12.1. The number of aromatic nitrogens is 2. The van der Waals surface area contributed by atoms with Crippen molar-refractivity contribution >= 4 is 17.6 Å². The zero-order chi connectivity index (χ0) is 26.5. The van der Waals surface area contributed by atoms with Crippen molar-refractivity contribution in [3.05, 3.63) is 59.7 Å². The van der Waals surface area contributed by atoms with Gasteiger partial charge in [0.25, 0.3) is 5.91 Å². The minimum Gasteiger partial charge on any atom is -0.403 e. The number of carbonyl (C=O) groups is 1. The van der Waals surface area contributed by atoms with Gasteiger partial charge in [0.05, 0.1) is 11.1 Å². The molecule has 2 aliphatic rings. The maximum atomic E-state index is 13.9. The largest absolute Gasteiger partial charge is 0.417 e. The summed E-state index contributed by atoms with van der Waals surface area (Å²) in [7, 11) is 0. The molecular weight excluding hydrogens is 495 g/mol. The van der Waals surface area contributed by atoms with Crippen LogP contribution in [-0.2, 0) is 6.18 Å². The molecule has 3 aromatic rings. The van der Waals surface area contributed by atoms with Crippen molar-refractivity contribution < 1.29 is 22.4 Å². The Morgan fingerprint density at radius 2 is 1.71 bits per heavy atom. The van der Waals surface area contributed by atoms with E-state index in [1.165, 1.54) is 44.5 Å². The second-order valence-corrected chi connectivity index (χ2v) is 10.2. The number of likely N-dealkylation sites (tertiary alicyclic amines) is 1. The van der Waals surface area contributed by atoms with Crippen molar-refractivity contribution in [2.75, 3.05) is 30.3 Å². The van der Waals surface area contributed by atoms with E-state index in [-0.39, 0.29) is 29.2 Å². The Kier molecular flexibility index (Phi) is 7.97. The third-order valence-corrected chi connectivity index (χ3v) is 7.41. The molecule has 1 amide bonds. The first-order valence-corrected chi connectivity index (χ1v) is 13.3. The van der Waals surface area contributed by atoms with Crippen molar-refractivity contribution in [1.29, 1.82) is 0 Å². The quantitative estimate of drug-likeness (QED) is 0.367. The molecule has 2 fully saturated rings. The molecule has 0 unspecified atom stereocenters. The molecule has 1 aliphatic heterocycles. The van der Waals surface area contributed by atoms with E-state index in [2.05, 4.69) is 25.7 Å². The van der Waals surface area contributed by atoms with Crippen molar-refractivity contribution in [2.45, 2.75) is 57.2 Å². The molecule has 1 aromatic heterocycles. The normalized spacial score (nSPS) is 20.7. The molecule has 1 aliphatic carbocycles. The number of nitrogens with zero attached hydrogens (tertiary/aromatic N) is 3. The lowest BCUT2D eigenvalue weighted by Crippen LogP contribution is -2.37. The van der Waals surface area contributed by atoms with Crippen molar-refractivity contribution in [3.8, 4) is 11.5 Å². The van der Waals surface area contributed by atoms with Crippen LogP contribution in [0.5, 0.6) is 0 Å². The standard InChI is InChI=1S/C28H32F3N5O2/c29-28(30,31)24-17-22(32-25(37)20-7-3-1-4-8-20)13-14-23(24)26-34-35-27(38-26)33-21-11-9-19(10-12-21)18-36-15-5-2-6-16-36/h1,3-4,7-8,13-14,17,19,21H,2,5-6,9-12,15-16,18H2,(H,32,37)(H,33,35)/t19-,21-. The molecule has 1 saturated carbocycles. The fourth-order valence-electron chi connectivity index (χ4n) is 5.40. The number of nitrogens with one attached hydrogen (secondary N) is 2. The predicted molar refractivity (Wildman–Crippen MR) is 139 cm³/mol. The Balaban J connectivity index is 1.22. The van der Waals surface area contributed by atoms with E-state index >= 15 is 0 Å². The van der Waals surface area contributed by atoms with Crippen LogP contribution in [0.15, 0.2) is 52.9 Å². The highest BCUT2D eigenvalue weighted by Crippen LogP contribution is 2.39. The molecule has 1 saturated heterocycles. The number of anilines is 2. The number of rotatable bonds is 7. The maximum absolute atomic E-state index is 13.9. The smallest absolute Gasteiger partial charge is 0.403 e. The van der Waals surface area contributed by atoms with E-state index in [0.717, 1.165) is 38.3 Å². The van der Waals surface area contributed by atoms with E-state index < -0.39 is 17.6 Å². The number of benzene rings is 2. The van der Waals surface area contributed by atoms with Gasteiger partial charge in [-0.15, -0.1) is 5.10 Å². The zero-order valence-electron chi connectivity index (χ0n) is 21.1. The fraction of sp³-hybridized carbons (Fsp3) is 0.464. The SMILES string of the molecule is O=C(Nc1ccc(-c2nnc(N[C@H]3CC[C@H](CN4CCCCC4)CC3)o2)c(C(F)(F)F)c1)c1ccccc1. The zero-order valence-corrected chi connectivity index (χ0v) is 21.1. The van der Waals surface area contributed by atoms with Crippen molar-refractivity contribution in [2.24, 2.45) is 5.92 Å². The van der Waals surface area contributed by atoms with Crippen LogP contribution < -0.4 is 10.6 Å². The highest BCUT2D eigenvalue weighted by atomic mass is 19.4. The van der Waals surface area contributed by atoms with E-state index in [9.17, 15) is 18.0 Å². The van der Waals surface area contributed by atoms with Gasteiger partial charge >= 0.3 is 12.2 Å². The molecule has 2 N–H and O–H groups in total. The highest BCUT2D eigenvalue weighted by molar-refractivity contribution is 6.04. The Labute approximate surface area is 219 Å². The monoisotopic (exact) mass is 527 g/mol. The lowest BCUT2D eigenvalue weighted by Gasteiger charge is -2.34. The summed E-state index contributed by atoms with van der Waals surface area (Å²) in [5, 5.41) is 13.6. The van der Waals surface area contributed by atoms with Gasteiger partial charge in [-0.25, -0.2) is 0 Å². The molecule has 5 rings (SSSR count). The molecule has 0 bridgehead atoms. The summed E-state index contributed by atoms with van der Waals surface area (Å²) in [4.78, 5) is 15.0. The van der Waals surface area contributed by atoms with E-state index in [1.54, 1.807) is 30.3 Å². The van der Waals surface area contributed by atoms with Gasteiger partial charge in [0.1, 0.15) is 0 Å². The maximum Gasteiger partial charge on any atom is 0.417 e. The highest BCUT2D eigenvalue weighted by Gasteiger charge is 2.36. The molecule has 10 heteroatoms. The second-order valence-electron chi connectivity index (χ2n) is 10.2. The Hall–Kier alpha value is -3.40. The molecule has 0 spiro atoms. The topological polar surface area (TPSA) is 83.3 Å². The number of amides is 1. The molecule has 7 nitrogen and oxygen atoms in total. The number of hydrogen-bond donors (Lipinski definition) is 2. The minimum absolute atomic E-state index is 0.0223. The lowest BCUT2D eigenvalue weighted by atomic mass is 9.85. The number of piperidine rings is 1. The van der Waals surface area contributed by atoms with Crippen LogP contribution in [0.4, 0.5) is 24.9 Å². The summed E-state index contributed by atoms with van der Waals surface area (Å²) in [5.74, 6) is -0.0411. The van der Waals surface area contributed by atoms with Gasteiger partial charge < -0.3 is 20.0 Å². The molecule has 2 heterocycles. The first kappa shape index (κ1) is 26.2.